The van der Waals surface area contributed by atoms with E-state index in [4.69, 9.17) is 9.41 Å². The molecule has 0 unspecified atom stereocenters. The maximum atomic E-state index is 12.3. The Kier molecular flexibility index (Phi) is 8.42. The molecular formula is C17H22BrIN4O2S. The van der Waals surface area contributed by atoms with Crippen LogP contribution in [0.25, 0.3) is 0 Å². The van der Waals surface area contributed by atoms with Gasteiger partial charge in [0.15, 0.2) is 11.7 Å². The first-order valence-electron chi connectivity index (χ1n) is 8.26. The standard InChI is InChI=1S/C17H21BrN4O2S.HI/c1-2-19-17(20-11-14-10-13(18)12-25-14)22-7-5-21(6-8-22)16(23)15-4-3-9-24-15;/h3-4,9-10,12H,2,5-8,11H2,1H3,(H,19,20);1H. The van der Waals surface area contributed by atoms with Gasteiger partial charge in [-0.2, -0.15) is 0 Å². The quantitative estimate of drug-likeness (QED) is 0.357. The number of thiophene rings is 1. The number of rotatable bonds is 4. The third-order valence-corrected chi connectivity index (χ3v) is 5.62. The van der Waals surface area contributed by atoms with Crippen LogP contribution in [0, 0.1) is 0 Å². The van der Waals surface area contributed by atoms with Crippen molar-refractivity contribution in [2.45, 2.75) is 13.5 Å². The van der Waals surface area contributed by atoms with E-state index in [9.17, 15) is 4.79 Å². The Bertz CT molecular complexity index is 727. The number of nitrogens with zero attached hydrogens (tertiary/aromatic N) is 3. The van der Waals surface area contributed by atoms with Crippen molar-refractivity contribution in [2.24, 2.45) is 4.99 Å². The molecule has 1 aliphatic rings. The van der Waals surface area contributed by atoms with Crippen LogP contribution in [0.3, 0.4) is 0 Å². The van der Waals surface area contributed by atoms with E-state index < -0.39 is 0 Å². The van der Waals surface area contributed by atoms with Crippen LogP contribution in [0.5, 0.6) is 0 Å². The normalized spacial score (nSPS) is 14.9. The molecule has 0 aromatic carbocycles. The molecule has 0 aliphatic carbocycles. The number of carbonyl (C=O) groups excluding carboxylic acids is 1. The van der Waals surface area contributed by atoms with E-state index >= 15 is 0 Å². The van der Waals surface area contributed by atoms with Crippen molar-refractivity contribution in [1.29, 1.82) is 0 Å². The number of furan rings is 1. The fraction of sp³-hybridized carbons (Fsp3) is 0.412. The summed E-state index contributed by atoms with van der Waals surface area (Å²) in [5.74, 6) is 1.25. The third-order valence-electron chi connectivity index (χ3n) is 3.94. The van der Waals surface area contributed by atoms with Crippen molar-refractivity contribution in [3.8, 4) is 0 Å². The Balaban J connectivity index is 0.00000243. The Morgan fingerprint density at radius 2 is 2.08 bits per heavy atom. The number of piperazine rings is 1. The molecule has 0 bridgehead atoms. The average molecular weight is 553 g/mol. The second kappa shape index (κ2) is 10.3. The SMILES string of the molecule is CCNC(=NCc1cc(Br)cs1)N1CCN(C(=O)c2ccco2)CC1.I. The molecule has 2 aromatic heterocycles. The van der Waals surface area contributed by atoms with Gasteiger partial charge in [0.25, 0.3) is 5.91 Å². The Morgan fingerprint density at radius 3 is 2.65 bits per heavy atom. The van der Waals surface area contributed by atoms with Crippen molar-refractivity contribution in [2.75, 3.05) is 32.7 Å². The Morgan fingerprint density at radius 1 is 1.35 bits per heavy atom. The molecule has 0 saturated carbocycles. The summed E-state index contributed by atoms with van der Waals surface area (Å²) < 4.78 is 6.30. The van der Waals surface area contributed by atoms with Crippen LogP contribution in [0.15, 0.2) is 43.7 Å². The van der Waals surface area contributed by atoms with E-state index in [-0.39, 0.29) is 29.9 Å². The first-order valence-corrected chi connectivity index (χ1v) is 9.93. The van der Waals surface area contributed by atoms with Gasteiger partial charge >= 0.3 is 0 Å². The molecule has 0 atom stereocenters. The zero-order valence-corrected chi connectivity index (χ0v) is 19.2. The minimum atomic E-state index is -0.0463. The second-order valence-corrected chi connectivity index (χ2v) is 7.57. The minimum Gasteiger partial charge on any atom is -0.459 e. The number of halogens is 2. The Labute approximate surface area is 182 Å². The maximum absolute atomic E-state index is 12.3. The predicted octanol–water partition coefficient (Wildman–Crippen LogP) is 3.65. The highest BCUT2D eigenvalue weighted by Crippen LogP contribution is 2.20. The van der Waals surface area contributed by atoms with Crippen molar-refractivity contribution >= 4 is 63.1 Å². The Hall–Kier alpha value is -1.07. The largest absolute Gasteiger partial charge is 0.459 e. The van der Waals surface area contributed by atoms with Crippen LogP contribution < -0.4 is 5.32 Å². The van der Waals surface area contributed by atoms with Gasteiger partial charge in [0, 0.05) is 47.5 Å². The molecule has 2 aromatic rings. The molecule has 0 radical (unpaired) electrons. The van der Waals surface area contributed by atoms with Crippen molar-refractivity contribution in [3.63, 3.8) is 0 Å². The van der Waals surface area contributed by atoms with Crippen LogP contribution in [0.4, 0.5) is 0 Å². The number of carbonyl (C=O) groups is 1. The first kappa shape index (κ1) is 21.2. The zero-order chi connectivity index (χ0) is 17.6. The number of hydrogen-bond donors (Lipinski definition) is 1. The number of aliphatic imine (C=N–C) groups is 1. The lowest BCUT2D eigenvalue weighted by Crippen LogP contribution is -2.53. The highest BCUT2D eigenvalue weighted by atomic mass is 127. The third kappa shape index (κ3) is 5.46. The van der Waals surface area contributed by atoms with Crippen LogP contribution in [-0.4, -0.2) is 54.4 Å². The average Bonchev–Trinajstić information content (AvgIpc) is 3.30. The molecule has 3 heterocycles. The van der Waals surface area contributed by atoms with E-state index in [2.05, 4.69) is 44.5 Å². The smallest absolute Gasteiger partial charge is 0.289 e. The van der Waals surface area contributed by atoms with Gasteiger partial charge < -0.3 is 19.5 Å². The molecule has 3 rings (SSSR count). The number of hydrogen-bond acceptors (Lipinski definition) is 4. The van der Waals surface area contributed by atoms with Gasteiger partial charge in [-0.3, -0.25) is 4.79 Å². The highest BCUT2D eigenvalue weighted by molar-refractivity contribution is 14.0. The molecule has 1 aliphatic heterocycles. The summed E-state index contributed by atoms with van der Waals surface area (Å²) in [6.45, 7) is 6.37. The van der Waals surface area contributed by atoms with E-state index in [0.29, 0.717) is 25.4 Å². The van der Waals surface area contributed by atoms with Gasteiger partial charge in [0.1, 0.15) is 0 Å². The summed E-state index contributed by atoms with van der Waals surface area (Å²) in [6, 6.07) is 5.54. The van der Waals surface area contributed by atoms with E-state index in [1.54, 1.807) is 23.5 Å². The van der Waals surface area contributed by atoms with Gasteiger partial charge in [0.05, 0.1) is 12.8 Å². The van der Waals surface area contributed by atoms with Gasteiger partial charge in [0.2, 0.25) is 0 Å². The fourth-order valence-electron chi connectivity index (χ4n) is 2.69. The second-order valence-electron chi connectivity index (χ2n) is 5.66. The molecule has 26 heavy (non-hydrogen) atoms. The topological polar surface area (TPSA) is 61.1 Å². The van der Waals surface area contributed by atoms with E-state index in [1.807, 2.05) is 4.90 Å². The molecule has 1 N–H and O–H groups in total. The fourth-order valence-corrected chi connectivity index (χ4v) is 4.07. The minimum absolute atomic E-state index is 0. The monoisotopic (exact) mass is 552 g/mol. The number of nitrogens with one attached hydrogen (secondary N) is 1. The zero-order valence-electron chi connectivity index (χ0n) is 14.5. The van der Waals surface area contributed by atoms with Gasteiger partial charge in [-0.05, 0) is 41.1 Å². The number of guanidine groups is 1. The molecular weight excluding hydrogens is 531 g/mol. The van der Waals surface area contributed by atoms with Crippen molar-refractivity contribution < 1.29 is 9.21 Å². The highest BCUT2D eigenvalue weighted by Gasteiger charge is 2.25. The molecule has 0 spiro atoms. The summed E-state index contributed by atoms with van der Waals surface area (Å²) in [6.07, 6.45) is 1.53. The van der Waals surface area contributed by atoms with Crippen molar-refractivity contribution in [1.82, 2.24) is 15.1 Å². The van der Waals surface area contributed by atoms with Crippen LogP contribution >= 0.6 is 51.2 Å². The molecule has 142 valence electrons. The van der Waals surface area contributed by atoms with Crippen molar-refractivity contribution in [3.05, 3.63) is 45.0 Å². The lowest BCUT2D eigenvalue weighted by atomic mass is 10.3. The summed E-state index contributed by atoms with van der Waals surface area (Å²) >= 11 is 5.17. The van der Waals surface area contributed by atoms with Crippen LogP contribution in [0.1, 0.15) is 22.4 Å². The molecule has 6 nitrogen and oxygen atoms in total. The molecule has 9 heteroatoms. The summed E-state index contributed by atoms with van der Waals surface area (Å²) in [4.78, 5) is 22.3. The first-order chi connectivity index (χ1) is 12.2. The summed E-state index contributed by atoms with van der Waals surface area (Å²) in [7, 11) is 0. The van der Waals surface area contributed by atoms with Gasteiger partial charge in [-0.15, -0.1) is 35.3 Å². The van der Waals surface area contributed by atoms with E-state index in [0.717, 1.165) is 30.1 Å². The predicted molar refractivity (Wildman–Crippen MR) is 118 cm³/mol. The lowest BCUT2D eigenvalue weighted by Gasteiger charge is -2.36. The molecule has 1 saturated heterocycles. The molecule has 1 amide bonds. The number of amides is 1. The van der Waals surface area contributed by atoms with Gasteiger partial charge in [-0.1, -0.05) is 0 Å². The maximum Gasteiger partial charge on any atom is 0.289 e. The van der Waals surface area contributed by atoms with E-state index in [1.165, 1.54) is 11.1 Å². The summed E-state index contributed by atoms with van der Waals surface area (Å²) in [5, 5.41) is 5.41. The van der Waals surface area contributed by atoms with Crippen LogP contribution in [0.2, 0.25) is 0 Å². The molecule has 1 fully saturated rings. The summed E-state index contributed by atoms with van der Waals surface area (Å²) in [5.41, 5.74) is 0. The van der Waals surface area contributed by atoms with Crippen LogP contribution in [-0.2, 0) is 6.54 Å². The lowest BCUT2D eigenvalue weighted by molar-refractivity contribution is 0.0657. The van der Waals surface area contributed by atoms with Gasteiger partial charge in [-0.25, -0.2) is 4.99 Å².